The number of carbonyl (C=O) groups is 2. The fourth-order valence-electron chi connectivity index (χ4n) is 4.81. The summed E-state index contributed by atoms with van der Waals surface area (Å²) in [6, 6.07) is 4.42. The van der Waals surface area contributed by atoms with E-state index in [2.05, 4.69) is 5.32 Å². The Bertz CT molecular complexity index is 824. The Morgan fingerprint density at radius 1 is 1.27 bits per heavy atom. The number of hydrogen-bond acceptors (Lipinski definition) is 4. The molecule has 184 valence electrons. The molecule has 2 aliphatic rings. The van der Waals surface area contributed by atoms with Crippen LogP contribution in [0.5, 0.6) is 0 Å². The van der Waals surface area contributed by atoms with Crippen molar-refractivity contribution in [2.75, 3.05) is 19.7 Å². The normalized spacial score (nSPS) is 21.5. The molecule has 0 radical (unpaired) electrons. The van der Waals surface area contributed by atoms with Crippen LogP contribution >= 0.6 is 0 Å². The lowest BCUT2D eigenvalue weighted by Crippen LogP contribution is -2.48. The van der Waals surface area contributed by atoms with Gasteiger partial charge in [-0.2, -0.15) is 13.2 Å². The van der Waals surface area contributed by atoms with Crippen LogP contribution in [-0.2, 0) is 15.7 Å². The first-order valence-corrected chi connectivity index (χ1v) is 11.8. The van der Waals surface area contributed by atoms with Gasteiger partial charge in [0, 0.05) is 13.1 Å². The summed E-state index contributed by atoms with van der Waals surface area (Å²) in [5.74, 6) is -1.49. The molecule has 1 aliphatic heterocycles. The molecule has 1 aromatic rings. The molecule has 0 aromatic heterocycles. The number of rotatable bonds is 7. The number of alkyl carbamates (subject to hydrolysis) is 1. The predicted octanol–water partition coefficient (Wildman–Crippen LogP) is 4.61. The van der Waals surface area contributed by atoms with Crippen molar-refractivity contribution in [2.24, 2.45) is 0 Å². The maximum Gasteiger partial charge on any atom is 0.416 e. The number of halogens is 3. The van der Waals surface area contributed by atoms with Crippen LogP contribution < -0.4 is 5.32 Å². The molecule has 1 saturated heterocycles. The number of amides is 2. The molecule has 3 rings (SSSR count). The third kappa shape index (κ3) is 6.40. The average molecular weight is 471 g/mol. The Morgan fingerprint density at radius 2 is 2.00 bits per heavy atom. The number of nitrogens with one attached hydrogen (secondary N) is 1. The standard InChI is InChI=1S/C24H33F3N2O4/c1-2-3-14-33-22(31)28-19-10-13-29(16-19)21(30)20(23(32)11-5-4-6-12-23)17-8-7-9-18(15-17)24(25,26)27/h7-9,15,19-20,32H,2-6,10-14,16H2,1H3,(H,28,31)/t19-,20?/m1/s1. The van der Waals surface area contributed by atoms with E-state index < -0.39 is 35.3 Å². The molecule has 1 aromatic carbocycles. The molecular weight excluding hydrogens is 437 g/mol. The second-order valence-electron chi connectivity index (χ2n) is 9.12. The lowest BCUT2D eigenvalue weighted by atomic mass is 9.72. The van der Waals surface area contributed by atoms with Crippen molar-refractivity contribution in [2.45, 2.75) is 82.0 Å². The van der Waals surface area contributed by atoms with Gasteiger partial charge in [-0.05, 0) is 37.3 Å². The molecule has 1 heterocycles. The summed E-state index contributed by atoms with van der Waals surface area (Å²) in [4.78, 5) is 27.1. The number of unbranched alkanes of at least 4 members (excludes halogenated alkanes) is 1. The quantitative estimate of drug-likeness (QED) is 0.571. The minimum absolute atomic E-state index is 0.176. The molecule has 2 fully saturated rings. The monoisotopic (exact) mass is 470 g/mol. The van der Waals surface area contributed by atoms with Gasteiger partial charge in [0.05, 0.1) is 29.7 Å². The molecule has 1 unspecified atom stereocenters. The van der Waals surface area contributed by atoms with Gasteiger partial charge >= 0.3 is 12.3 Å². The van der Waals surface area contributed by atoms with Crippen LogP contribution in [0, 0.1) is 0 Å². The molecule has 2 N–H and O–H groups in total. The summed E-state index contributed by atoms with van der Waals surface area (Å²) in [6.45, 7) is 2.89. The molecule has 1 saturated carbocycles. The molecule has 2 atom stereocenters. The summed E-state index contributed by atoms with van der Waals surface area (Å²) in [5, 5.41) is 14.2. The van der Waals surface area contributed by atoms with Crippen molar-refractivity contribution in [3.05, 3.63) is 35.4 Å². The maximum atomic E-state index is 13.6. The number of alkyl halides is 3. The summed E-state index contributed by atoms with van der Waals surface area (Å²) in [7, 11) is 0. The largest absolute Gasteiger partial charge is 0.450 e. The summed E-state index contributed by atoms with van der Waals surface area (Å²) in [6.07, 6.45) is 0.170. The van der Waals surface area contributed by atoms with Crippen LogP contribution in [0.2, 0.25) is 0 Å². The second kappa shape index (κ2) is 10.8. The van der Waals surface area contributed by atoms with Gasteiger partial charge in [0.15, 0.2) is 0 Å². The zero-order valence-electron chi connectivity index (χ0n) is 19.0. The number of carbonyl (C=O) groups excluding carboxylic acids is 2. The molecule has 6 nitrogen and oxygen atoms in total. The van der Waals surface area contributed by atoms with Crippen molar-refractivity contribution in [3.8, 4) is 0 Å². The lowest BCUT2D eigenvalue weighted by molar-refractivity contribution is -0.142. The van der Waals surface area contributed by atoms with Crippen LogP contribution in [0.15, 0.2) is 24.3 Å². The van der Waals surface area contributed by atoms with Gasteiger partial charge in [0.2, 0.25) is 5.91 Å². The summed E-state index contributed by atoms with van der Waals surface area (Å²) >= 11 is 0. The Labute approximate surface area is 192 Å². The van der Waals surface area contributed by atoms with E-state index in [4.69, 9.17) is 4.74 Å². The molecule has 2 amide bonds. The minimum atomic E-state index is -4.54. The minimum Gasteiger partial charge on any atom is -0.450 e. The van der Waals surface area contributed by atoms with E-state index in [0.29, 0.717) is 45.3 Å². The number of likely N-dealkylation sites (tertiary alicyclic amines) is 1. The van der Waals surface area contributed by atoms with Gasteiger partial charge in [-0.15, -0.1) is 0 Å². The van der Waals surface area contributed by atoms with E-state index >= 15 is 0 Å². The van der Waals surface area contributed by atoms with E-state index in [9.17, 15) is 27.9 Å². The Morgan fingerprint density at radius 3 is 2.67 bits per heavy atom. The van der Waals surface area contributed by atoms with Crippen molar-refractivity contribution < 1.29 is 32.6 Å². The number of nitrogens with zero attached hydrogens (tertiary/aromatic N) is 1. The first-order valence-electron chi connectivity index (χ1n) is 11.8. The van der Waals surface area contributed by atoms with E-state index in [-0.39, 0.29) is 18.2 Å². The second-order valence-corrected chi connectivity index (χ2v) is 9.12. The Kier molecular flexibility index (Phi) is 8.26. The summed E-state index contributed by atoms with van der Waals surface area (Å²) in [5.41, 5.74) is -2.06. The zero-order chi connectivity index (χ0) is 24.1. The highest BCUT2D eigenvalue weighted by Crippen LogP contribution is 2.42. The van der Waals surface area contributed by atoms with Crippen molar-refractivity contribution >= 4 is 12.0 Å². The van der Waals surface area contributed by atoms with Crippen molar-refractivity contribution in [3.63, 3.8) is 0 Å². The van der Waals surface area contributed by atoms with Gasteiger partial charge in [0.25, 0.3) is 0 Å². The van der Waals surface area contributed by atoms with E-state index in [1.807, 2.05) is 6.92 Å². The van der Waals surface area contributed by atoms with Crippen LogP contribution in [0.3, 0.4) is 0 Å². The lowest BCUT2D eigenvalue weighted by Gasteiger charge is -2.40. The number of ether oxygens (including phenoxy) is 1. The topological polar surface area (TPSA) is 78.9 Å². The Balaban J connectivity index is 1.78. The summed E-state index contributed by atoms with van der Waals surface area (Å²) < 4.78 is 45.1. The molecule has 33 heavy (non-hydrogen) atoms. The fraction of sp³-hybridized carbons (Fsp3) is 0.667. The number of hydrogen-bond donors (Lipinski definition) is 2. The van der Waals surface area contributed by atoms with Gasteiger partial charge in [0.1, 0.15) is 0 Å². The van der Waals surface area contributed by atoms with Crippen molar-refractivity contribution in [1.29, 1.82) is 0 Å². The zero-order valence-corrected chi connectivity index (χ0v) is 19.0. The van der Waals surface area contributed by atoms with Crippen molar-refractivity contribution in [1.82, 2.24) is 10.2 Å². The smallest absolute Gasteiger partial charge is 0.416 e. The van der Waals surface area contributed by atoms with Crippen LogP contribution in [-0.4, -0.2) is 53.3 Å². The molecule has 0 bridgehead atoms. The van der Waals surface area contributed by atoms with E-state index in [0.717, 1.165) is 31.4 Å². The first kappa shape index (κ1) is 25.3. The van der Waals surface area contributed by atoms with Crippen LogP contribution in [0.25, 0.3) is 0 Å². The maximum absolute atomic E-state index is 13.6. The third-order valence-corrected chi connectivity index (χ3v) is 6.60. The molecular formula is C24H33F3N2O4. The van der Waals surface area contributed by atoms with E-state index in [1.54, 1.807) is 0 Å². The highest BCUT2D eigenvalue weighted by atomic mass is 19.4. The van der Waals surface area contributed by atoms with E-state index in [1.165, 1.54) is 17.0 Å². The predicted molar refractivity (Wildman–Crippen MR) is 117 cm³/mol. The van der Waals surface area contributed by atoms with Gasteiger partial charge in [-0.3, -0.25) is 4.79 Å². The van der Waals surface area contributed by atoms with Crippen LogP contribution in [0.4, 0.5) is 18.0 Å². The molecule has 1 aliphatic carbocycles. The fourth-order valence-corrected chi connectivity index (χ4v) is 4.81. The molecule has 9 heteroatoms. The van der Waals surface area contributed by atoms with Crippen LogP contribution in [0.1, 0.15) is 75.3 Å². The van der Waals surface area contributed by atoms with Gasteiger partial charge in [-0.1, -0.05) is 50.8 Å². The van der Waals surface area contributed by atoms with Gasteiger partial charge < -0.3 is 20.1 Å². The highest BCUT2D eigenvalue weighted by Gasteiger charge is 2.46. The number of aliphatic hydroxyl groups is 1. The Hall–Kier alpha value is -2.29. The average Bonchev–Trinajstić information content (AvgIpc) is 3.22. The highest BCUT2D eigenvalue weighted by molar-refractivity contribution is 5.85. The SMILES string of the molecule is CCCCOC(=O)N[C@@H]1CCN(C(=O)C(c2cccc(C(F)(F)F)c2)C2(O)CCCCC2)C1. The first-order chi connectivity index (χ1) is 15.6. The van der Waals surface area contributed by atoms with Gasteiger partial charge in [-0.25, -0.2) is 4.79 Å². The number of benzene rings is 1. The third-order valence-electron chi connectivity index (χ3n) is 6.60. The molecule has 0 spiro atoms.